The number of benzene rings is 1. The largest absolute Gasteiger partial charge is 0.462 e. The number of esters is 1. The van der Waals surface area contributed by atoms with E-state index >= 15 is 0 Å². The lowest BCUT2D eigenvalue weighted by molar-refractivity contribution is 0.0531. The number of H-pyrrole nitrogens is 1. The van der Waals surface area contributed by atoms with Crippen LogP contribution in [0.3, 0.4) is 0 Å². The van der Waals surface area contributed by atoms with Crippen molar-refractivity contribution in [2.24, 2.45) is 0 Å². The number of rotatable bonds is 4. The first-order valence-corrected chi connectivity index (χ1v) is 8.49. The molecule has 0 bridgehead atoms. The highest BCUT2D eigenvalue weighted by Gasteiger charge is 2.19. The number of aromatic amines is 1. The van der Waals surface area contributed by atoms with Crippen molar-refractivity contribution in [3.05, 3.63) is 56.6 Å². The number of halogens is 1. The SMILES string of the molecule is CCOC(=O)c1sc(NC(=O)c2c[nH]c3ccc(F)cc3c2=O)nc1C. The first kappa shape index (κ1) is 17.7. The van der Waals surface area contributed by atoms with Crippen LogP contribution in [-0.4, -0.2) is 28.5 Å². The first-order chi connectivity index (χ1) is 12.4. The van der Waals surface area contributed by atoms with Gasteiger partial charge in [0.25, 0.3) is 5.91 Å². The van der Waals surface area contributed by atoms with E-state index in [2.05, 4.69) is 15.3 Å². The van der Waals surface area contributed by atoms with Crippen molar-refractivity contribution in [3.63, 3.8) is 0 Å². The molecule has 0 aliphatic rings. The Morgan fingerprint density at radius 3 is 2.88 bits per heavy atom. The predicted octanol–water partition coefficient (Wildman–Crippen LogP) is 2.86. The molecular formula is C17H14FN3O4S. The third-order valence-corrected chi connectivity index (χ3v) is 4.62. The van der Waals surface area contributed by atoms with Crippen LogP contribution in [0.25, 0.3) is 10.9 Å². The zero-order valence-electron chi connectivity index (χ0n) is 13.9. The summed E-state index contributed by atoms with van der Waals surface area (Å²) in [6, 6.07) is 3.70. The summed E-state index contributed by atoms with van der Waals surface area (Å²) in [4.78, 5) is 43.8. The van der Waals surface area contributed by atoms with Crippen LogP contribution in [0.15, 0.2) is 29.2 Å². The summed E-state index contributed by atoms with van der Waals surface area (Å²) in [7, 11) is 0. The van der Waals surface area contributed by atoms with Crippen LogP contribution in [0.5, 0.6) is 0 Å². The molecule has 2 N–H and O–H groups in total. The number of nitrogens with zero attached hydrogens (tertiary/aromatic N) is 1. The minimum atomic E-state index is -0.707. The molecule has 0 atom stereocenters. The smallest absolute Gasteiger partial charge is 0.350 e. The van der Waals surface area contributed by atoms with Crippen LogP contribution in [0.2, 0.25) is 0 Å². The minimum Gasteiger partial charge on any atom is -0.462 e. The monoisotopic (exact) mass is 375 g/mol. The maximum Gasteiger partial charge on any atom is 0.350 e. The molecule has 1 amide bonds. The molecule has 2 aromatic heterocycles. The number of aryl methyl sites for hydroxylation is 1. The molecule has 0 saturated heterocycles. The van der Waals surface area contributed by atoms with Crippen LogP contribution in [0.4, 0.5) is 9.52 Å². The van der Waals surface area contributed by atoms with Crippen LogP contribution >= 0.6 is 11.3 Å². The molecule has 0 saturated carbocycles. The number of amides is 1. The standard InChI is InChI=1S/C17H14FN3O4S/c1-3-25-16(24)14-8(2)20-17(26-14)21-15(23)11-7-19-12-5-4-9(18)6-10(12)13(11)22/h4-7H,3H2,1-2H3,(H,19,22)(H,20,21,23). The molecule has 0 fully saturated rings. The molecular weight excluding hydrogens is 361 g/mol. The van der Waals surface area contributed by atoms with Gasteiger partial charge in [-0.2, -0.15) is 0 Å². The summed E-state index contributed by atoms with van der Waals surface area (Å²) in [5.74, 6) is -1.81. The van der Waals surface area contributed by atoms with Gasteiger partial charge in [0.15, 0.2) is 5.13 Å². The number of anilines is 1. The van der Waals surface area contributed by atoms with Crippen molar-refractivity contribution in [2.75, 3.05) is 11.9 Å². The molecule has 134 valence electrons. The fraction of sp³-hybridized carbons (Fsp3) is 0.176. The number of thiazole rings is 1. The van der Waals surface area contributed by atoms with Gasteiger partial charge < -0.3 is 9.72 Å². The number of fused-ring (bicyclic) bond motifs is 1. The molecule has 3 aromatic rings. The van der Waals surface area contributed by atoms with E-state index in [0.29, 0.717) is 11.2 Å². The summed E-state index contributed by atoms with van der Waals surface area (Å²) < 4.78 is 18.3. The number of carbonyl (C=O) groups excluding carboxylic acids is 2. The summed E-state index contributed by atoms with van der Waals surface area (Å²) in [5, 5.41) is 2.71. The maximum atomic E-state index is 13.4. The number of carbonyl (C=O) groups is 2. The molecule has 7 nitrogen and oxygen atoms in total. The molecule has 26 heavy (non-hydrogen) atoms. The van der Waals surface area contributed by atoms with Crippen LogP contribution in [0, 0.1) is 12.7 Å². The summed E-state index contributed by atoms with van der Waals surface area (Å²) in [5.41, 5.74) is 0.0455. The van der Waals surface area contributed by atoms with Gasteiger partial charge in [0.2, 0.25) is 5.43 Å². The lowest BCUT2D eigenvalue weighted by Gasteiger charge is -2.03. The lowest BCUT2D eigenvalue weighted by Crippen LogP contribution is -2.22. The van der Waals surface area contributed by atoms with Gasteiger partial charge in [0, 0.05) is 17.1 Å². The summed E-state index contributed by atoms with van der Waals surface area (Å²) in [6.07, 6.45) is 1.25. The van der Waals surface area contributed by atoms with Crippen molar-refractivity contribution < 1.29 is 18.7 Å². The van der Waals surface area contributed by atoms with Crippen molar-refractivity contribution in [1.29, 1.82) is 0 Å². The van der Waals surface area contributed by atoms with Gasteiger partial charge in [-0.25, -0.2) is 14.2 Å². The molecule has 0 unspecified atom stereocenters. The van der Waals surface area contributed by atoms with Gasteiger partial charge in [0.1, 0.15) is 16.3 Å². The predicted molar refractivity (Wildman–Crippen MR) is 95.3 cm³/mol. The highest BCUT2D eigenvalue weighted by molar-refractivity contribution is 7.17. The van der Waals surface area contributed by atoms with Crippen LogP contribution in [0.1, 0.15) is 32.6 Å². The molecule has 9 heteroatoms. The number of aromatic nitrogens is 2. The van der Waals surface area contributed by atoms with E-state index in [0.717, 1.165) is 17.4 Å². The zero-order valence-corrected chi connectivity index (χ0v) is 14.7. The summed E-state index contributed by atoms with van der Waals surface area (Å²) >= 11 is 0.953. The number of nitrogens with one attached hydrogen (secondary N) is 2. The quantitative estimate of drug-likeness (QED) is 0.683. The van der Waals surface area contributed by atoms with E-state index in [1.165, 1.54) is 18.3 Å². The Bertz CT molecular complexity index is 1070. The van der Waals surface area contributed by atoms with Crippen molar-refractivity contribution in [2.45, 2.75) is 13.8 Å². The third kappa shape index (κ3) is 3.33. The first-order valence-electron chi connectivity index (χ1n) is 7.67. The molecule has 1 aromatic carbocycles. The second kappa shape index (κ2) is 7.04. The maximum absolute atomic E-state index is 13.4. The number of hydrogen-bond donors (Lipinski definition) is 2. The highest BCUT2D eigenvalue weighted by Crippen LogP contribution is 2.23. The van der Waals surface area contributed by atoms with E-state index in [-0.39, 0.29) is 27.6 Å². The average molecular weight is 375 g/mol. The van der Waals surface area contributed by atoms with Crippen molar-refractivity contribution in [3.8, 4) is 0 Å². The number of hydrogen-bond acceptors (Lipinski definition) is 6. The van der Waals surface area contributed by atoms with Gasteiger partial charge >= 0.3 is 5.97 Å². The van der Waals surface area contributed by atoms with Gasteiger partial charge in [-0.05, 0) is 32.0 Å². The second-order valence-corrected chi connectivity index (χ2v) is 6.33. The van der Waals surface area contributed by atoms with E-state index in [9.17, 15) is 18.8 Å². The topological polar surface area (TPSA) is 101 Å². The van der Waals surface area contributed by atoms with Crippen LogP contribution in [-0.2, 0) is 4.74 Å². The van der Waals surface area contributed by atoms with Gasteiger partial charge in [-0.3, -0.25) is 14.9 Å². The molecule has 2 heterocycles. The Hall–Kier alpha value is -3.07. The molecule has 0 aliphatic heterocycles. The number of ether oxygens (including phenoxy) is 1. The zero-order chi connectivity index (χ0) is 18.8. The van der Waals surface area contributed by atoms with E-state index < -0.39 is 23.1 Å². The average Bonchev–Trinajstić information content (AvgIpc) is 2.96. The number of pyridine rings is 1. The molecule has 0 spiro atoms. The van der Waals surface area contributed by atoms with Gasteiger partial charge in [-0.1, -0.05) is 11.3 Å². The molecule has 3 rings (SSSR count). The summed E-state index contributed by atoms with van der Waals surface area (Å²) in [6.45, 7) is 3.52. The Labute approximate surface area is 150 Å². The molecule has 0 aliphatic carbocycles. The Balaban J connectivity index is 1.90. The van der Waals surface area contributed by atoms with Crippen molar-refractivity contribution in [1.82, 2.24) is 9.97 Å². The van der Waals surface area contributed by atoms with Crippen LogP contribution < -0.4 is 10.7 Å². The minimum absolute atomic E-state index is 0.0696. The highest BCUT2D eigenvalue weighted by atomic mass is 32.1. The Morgan fingerprint density at radius 1 is 1.38 bits per heavy atom. The van der Waals surface area contributed by atoms with E-state index in [1.54, 1.807) is 13.8 Å². The van der Waals surface area contributed by atoms with Gasteiger partial charge in [0.05, 0.1) is 12.3 Å². The third-order valence-electron chi connectivity index (χ3n) is 3.57. The fourth-order valence-corrected chi connectivity index (χ4v) is 3.22. The lowest BCUT2D eigenvalue weighted by atomic mass is 10.1. The Kier molecular flexibility index (Phi) is 4.81. The fourth-order valence-electron chi connectivity index (χ4n) is 2.36. The van der Waals surface area contributed by atoms with Gasteiger partial charge in [-0.15, -0.1) is 0 Å². The van der Waals surface area contributed by atoms with E-state index in [4.69, 9.17) is 4.74 Å². The normalized spacial score (nSPS) is 10.7. The second-order valence-electron chi connectivity index (χ2n) is 5.33. The van der Waals surface area contributed by atoms with Crippen molar-refractivity contribution >= 4 is 39.2 Å². The van der Waals surface area contributed by atoms with E-state index in [1.807, 2.05) is 0 Å². The Morgan fingerprint density at radius 2 is 2.15 bits per heavy atom. The molecule has 0 radical (unpaired) electrons.